The topological polar surface area (TPSA) is 46.9 Å². The summed E-state index contributed by atoms with van der Waals surface area (Å²) in [4.78, 5) is 15.4. The van der Waals surface area contributed by atoms with Gasteiger partial charge in [-0.2, -0.15) is 0 Å². The molecular weight excluding hydrogens is 190 g/mol. The van der Waals surface area contributed by atoms with Crippen molar-refractivity contribution in [2.75, 3.05) is 7.05 Å². The van der Waals surface area contributed by atoms with E-state index in [1.165, 1.54) is 0 Å². The number of hydrogen-bond acceptors (Lipinski definition) is 2. The number of amides is 1. The monoisotopic (exact) mass is 203 g/mol. The summed E-state index contributed by atoms with van der Waals surface area (Å²) < 4.78 is 1.99. The molecule has 0 bridgehead atoms. The fourth-order valence-corrected chi connectivity index (χ4v) is 1.54. The molecule has 1 amide bonds. The van der Waals surface area contributed by atoms with Crippen LogP contribution in [0, 0.1) is 0 Å². The van der Waals surface area contributed by atoms with Gasteiger partial charge in [0.2, 0.25) is 5.91 Å². The normalized spacial score (nSPS) is 10.5. The van der Waals surface area contributed by atoms with Crippen molar-refractivity contribution in [3.05, 3.63) is 30.6 Å². The Morgan fingerprint density at radius 3 is 3.07 bits per heavy atom. The van der Waals surface area contributed by atoms with Gasteiger partial charge in [0.15, 0.2) is 0 Å². The van der Waals surface area contributed by atoms with Gasteiger partial charge in [-0.05, 0) is 12.1 Å². The van der Waals surface area contributed by atoms with Gasteiger partial charge < -0.3 is 9.88 Å². The fraction of sp³-hybridized carbons (Fsp3) is 0.273. The molecule has 4 heteroatoms. The first-order chi connectivity index (χ1) is 7.31. The van der Waals surface area contributed by atoms with Gasteiger partial charge in [0.1, 0.15) is 0 Å². The van der Waals surface area contributed by atoms with Crippen molar-refractivity contribution in [3.63, 3.8) is 0 Å². The van der Waals surface area contributed by atoms with Gasteiger partial charge in [0.05, 0.1) is 17.4 Å². The van der Waals surface area contributed by atoms with Crippen LogP contribution in [0.5, 0.6) is 0 Å². The summed E-state index contributed by atoms with van der Waals surface area (Å²) >= 11 is 0. The second-order valence-corrected chi connectivity index (χ2v) is 3.35. The van der Waals surface area contributed by atoms with Crippen LogP contribution in [-0.2, 0) is 11.3 Å². The Hall–Kier alpha value is -1.84. The highest BCUT2D eigenvalue weighted by molar-refractivity contribution is 5.77. The Labute approximate surface area is 87.9 Å². The first-order valence-electron chi connectivity index (χ1n) is 4.91. The lowest BCUT2D eigenvalue weighted by molar-refractivity contribution is -0.120. The van der Waals surface area contributed by atoms with E-state index < -0.39 is 0 Å². The van der Waals surface area contributed by atoms with E-state index in [2.05, 4.69) is 10.3 Å². The van der Waals surface area contributed by atoms with Crippen LogP contribution in [0.2, 0.25) is 0 Å². The van der Waals surface area contributed by atoms with E-state index in [0.717, 1.165) is 11.0 Å². The van der Waals surface area contributed by atoms with Crippen LogP contribution in [0.15, 0.2) is 30.6 Å². The van der Waals surface area contributed by atoms with Crippen molar-refractivity contribution < 1.29 is 4.79 Å². The molecule has 0 fully saturated rings. The van der Waals surface area contributed by atoms with Crippen molar-refractivity contribution in [2.45, 2.75) is 13.0 Å². The number of imidazole rings is 1. The molecule has 0 radical (unpaired) electrons. The molecule has 1 aromatic carbocycles. The predicted octanol–water partition coefficient (Wildman–Crippen LogP) is 1.17. The Bertz CT molecular complexity index is 475. The number of fused-ring (bicyclic) bond motifs is 1. The summed E-state index contributed by atoms with van der Waals surface area (Å²) in [7, 11) is 1.65. The maximum absolute atomic E-state index is 11.1. The lowest BCUT2D eigenvalue weighted by Crippen LogP contribution is -2.19. The van der Waals surface area contributed by atoms with E-state index in [1.807, 2.05) is 28.8 Å². The van der Waals surface area contributed by atoms with Gasteiger partial charge in [-0.1, -0.05) is 12.1 Å². The summed E-state index contributed by atoms with van der Waals surface area (Å²) in [5.41, 5.74) is 2.04. The molecule has 0 atom stereocenters. The average Bonchev–Trinajstić information content (AvgIpc) is 2.69. The minimum Gasteiger partial charge on any atom is -0.359 e. The quantitative estimate of drug-likeness (QED) is 0.814. The molecule has 2 aromatic rings. The smallest absolute Gasteiger partial charge is 0.221 e. The lowest BCUT2D eigenvalue weighted by atomic mass is 10.3. The van der Waals surface area contributed by atoms with E-state index >= 15 is 0 Å². The number of aryl methyl sites for hydroxylation is 1. The number of hydrogen-bond donors (Lipinski definition) is 1. The second-order valence-electron chi connectivity index (χ2n) is 3.35. The average molecular weight is 203 g/mol. The van der Waals surface area contributed by atoms with E-state index in [0.29, 0.717) is 13.0 Å². The minimum atomic E-state index is 0.0489. The molecule has 0 saturated carbocycles. The first kappa shape index (κ1) is 9.71. The van der Waals surface area contributed by atoms with E-state index in [4.69, 9.17) is 0 Å². The van der Waals surface area contributed by atoms with E-state index in [1.54, 1.807) is 13.4 Å². The zero-order valence-electron chi connectivity index (χ0n) is 8.60. The second kappa shape index (κ2) is 4.13. The summed E-state index contributed by atoms with van der Waals surface area (Å²) in [5.74, 6) is 0.0489. The molecule has 15 heavy (non-hydrogen) atoms. The maximum Gasteiger partial charge on any atom is 0.221 e. The SMILES string of the molecule is CNC(=O)CCn1cnc2ccccc21. The fourth-order valence-electron chi connectivity index (χ4n) is 1.54. The third-order valence-corrected chi connectivity index (χ3v) is 2.39. The lowest BCUT2D eigenvalue weighted by Gasteiger charge is -2.02. The number of nitrogens with one attached hydrogen (secondary N) is 1. The number of para-hydroxylation sites is 2. The predicted molar refractivity (Wildman–Crippen MR) is 58.4 cm³/mol. The highest BCUT2D eigenvalue weighted by atomic mass is 16.1. The Morgan fingerprint density at radius 2 is 2.27 bits per heavy atom. The molecule has 0 unspecified atom stereocenters. The maximum atomic E-state index is 11.1. The zero-order valence-corrected chi connectivity index (χ0v) is 8.60. The standard InChI is InChI=1S/C11H13N3O/c1-12-11(15)6-7-14-8-13-9-4-2-3-5-10(9)14/h2-5,8H,6-7H2,1H3,(H,12,15). The number of nitrogens with zero attached hydrogens (tertiary/aromatic N) is 2. The highest BCUT2D eigenvalue weighted by Crippen LogP contribution is 2.11. The van der Waals surface area contributed by atoms with Gasteiger partial charge in [-0.3, -0.25) is 4.79 Å². The third-order valence-electron chi connectivity index (χ3n) is 2.39. The Balaban J connectivity index is 2.18. The van der Waals surface area contributed by atoms with Gasteiger partial charge >= 0.3 is 0 Å². The highest BCUT2D eigenvalue weighted by Gasteiger charge is 2.03. The Kier molecular flexibility index (Phi) is 2.67. The van der Waals surface area contributed by atoms with Crippen molar-refractivity contribution in [1.29, 1.82) is 0 Å². The molecule has 2 rings (SSSR count). The van der Waals surface area contributed by atoms with Crippen LogP contribution in [0.25, 0.3) is 11.0 Å². The summed E-state index contributed by atoms with van der Waals surface area (Å²) in [6.07, 6.45) is 2.25. The van der Waals surface area contributed by atoms with E-state index in [-0.39, 0.29) is 5.91 Å². The molecule has 0 aliphatic heterocycles. The first-order valence-corrected chi connectivity index (χ1v) is 4.91. The van der Waals surface area contributed by atoms with Gasteiger partial charge in [-0.25, -0.2) is 4.98 Å². The molecule has 0 aliphatic rings. The van der Waals surface area contributed by atoms with Gasteiger partial charge in [0.25, 0.3) is 0 Å². The summed E-state index contributed by atoms with van der Waals surface area (Å²) in [5, 5.41) is 2.60. The molecule has 1 aromatic heterocycles. The summed E-state index contributed by atoms with van der Waals surface area (Å²) in [6, 6.07) is 7.90. The van der Waals surface area contributed by atoms with Crippen molar-refractivity contribution in [3.8, 4) is 0 Å². The Morgan fingerprint density at radius 1 is 1.47 bits per heavy atom. The van der Waals surface area contributed by atoms with Crippen molar-refractivity contribution in [1.82, 2.24) is 14.9 Å². The van der Waals surface area contributed by atoms with Crippen molar-refractivity contribution >= 4 is 16.9 Å². The van der Waals surface area contributed by atoms with Crippen molar-refractivity contribution in [2.24, 2.45) is 0 Å². The van der Waals surface area contributed by atoms with Crippen LogP contribution in [0.4, 0.5) is 0 Å². The summed E-state index contributed by atoms with van der Waals surface area (Å²) in [6.45, 7) is 0.667. The van der Waals surface area contributed by atoms with Crippen LogP contribution < -0.4 is 5.32 Å². The molecule has 78 valence electrons. The number of carbonyl (C=O) groups is 1. The van der Waals surface area contributed by atoms with Crippen LogP contribution in [0.1, 0.15) is 6.42 Å². The molecule has 0 saturated heterocycles. The molecule has 1 N–H and O–H groups in total. The van der Waals surface area contributed by atoms with Crippen LogP contribution in [-0.4, -0.2) is 22.5 Å². The van der Waals surface area contributed by atoms with Gasteiger partial charge in [-0.15, -0.1) is 0 Å². The molecule has 0 aliphatic carbocycles. The number of rotatable bonds is 3. The van der Waals surface area contributed by atoms with Gasteiger partial charge in [0, 0.05) is 20.0 Å². The number of aromatic nitrogens is 2. The van der Waals surface area contributed by atoms with E-state index in [9.17, 15) is 4.79 Å². The molecular formula is C11H13N3O. The minimum absolute atomic E-state index is 0.0489. The number of carbonyl (C=O) groups excluding carboxylic acids is 1. The third kappa shape index (κ3) is 1.98. The van der Waals surface area contributed by atoms with Crippen LogP contribution in [0.3, 0.4) is 0 Å². The zero-order chi connectivity index (χ0) is 10.7. The number of benzene rings is 1. The largest absolute Gasteiger partial charge is 0.359 e. The molecule has 1 heterocycles. The molecule has 0 spiro atoms. The van der Waals surface area contributed by atoms with Crippen LogP contribution >= 0.6 is 0 Å². The molecule has 4 nitrogen and oxygen atoms in total.